The van der Waals surface area contributed by atoms with Crippen molar-refractivity contribution in [3.05, 3.63) is 36.3 Å². The van der Waals surface area contributed by atoms with Crippen LogP contribution in [-0.2, 0) is 18.4 Å². The van der Waals surface area contributed by atoms with Gasteiger partial charge >= 0.3 is 0 Å². The van der Waals surface area contributed by atoms with Crippen LogP contribution in [0.1, 0.15) is 24.8 Å². The number of hydrogen-bond donors (Lipinski definition) is 1. The lowest BCUT2D eigenvalue weighted by molar-refractivity contribution is -0.127. The molecular formula is C17H23N5O. The molecule has 1 saturated heterocycles. The Balaban J connectivity index is 1.50. The highest BCUT2D eigenvalue weighted by atomic mass is 16.2. The van der Waals surface area contributed by atoms with Gasteiger partial charge in [-0.2, -0.15) is 5.10 Å². The zero-order valence-electron chi connectivity index (χ0n) is 13.5. The number of aromatic nitrogens is 3. The summed E-state index contributed by atoms with van der Waals surface area (Å²) < 4.78 is 1.84. The van der Waals surface area contributed by atoms with E-state index in [4.69, 9.17) is 0 Å². The molecule has 0 unspecified atom stereocenters. The number of hydrogen-bond acceptors (Lipinski definition) is 4. The SMILES string of the molecule is Cn1cc(CNCCCN2CCCC2=O)c(-c2cccnc2)n1. The largest absolute Gasteiger partial charge is 0.343 e. The number of rotatable bonds is 7. The average Bonchev–Trinajstić information content (AvgIpc) is 3.14. The van der Waals surface area contributed by atoms with Crippen LogP contribution in [0.4, 0.5) is 0 Å². The van der Waals surface area contributed by atoms with Crippen molar-refractivity contribution in [1.29, 1.82) is 0 Å². The molecule has 3 heterocycles. The summed E-state index contributed by atoms with van der Waals surface area (Å²) >= 11 is 0. The van der Waals surface area contributed by atoms with E-state index in [0.717, 1.165) is 62.3 Å². The van der Waals surface area contributed by atoms with Gasteiger partial charge in [-0.15, -0.1) is 0 Å². The van der Waals surface area contributed by atoms with Crippen LogP contribution in [0.2, 0.25) is 0 Å². The third kappa shape index (κ3) is 3.96. The first-order valence-electron chi connectivity index (χ1n) is 8.15. The first kappa shape index (κ1) is 15.7. The molecule has 2 aromatic heterocycles. The second kappa shape index (κ2) is 7.37. The molecule has 2 aromatic rings. The number of aryl methyl sites for hydroxylation is 1. The van der Waals surface area contributed by atoms with E-state index in [1.165, 1.54) is 0 Å². The Morgan fingerprint density at radius 1 is 1.39 bits per heavy atom. The van der Waals surface area contributed by atoms with Gasteiger partial charge in [-0.1, -0.05) is 0 Å². The van der Waals surface area contributed by atoms with Gasteiger partial charge in [0.2, 0.25) is 5.91 Å². The molecule has 122 valence electrons. The highest BCUT2D eigenvalue weighted by molar-refractivity contribution is 5.78. The van der Waals surface area contributed by atoms with E-state index < -0.39 is 0 Å². The molecule has 0 radical (unpaired) electrons. The summed E-state index contributed by atoms with van der Waals surface area (Å²) in [6, 6.07) is 3.95. The van der Waals surface area contributed by atoms with E-state index in [1.807, 2.05) is 41.2 Å². The van der Waals surface area contributed by atoms with Crippen LogP contribution in [0.15, 0.2) is 30.7 Å². The number of amides is 1. The van der Waals surface area contributed by atoms with Gasteiger partial charge in [0.1, 0.15) is 0 Å². The van der Waals surface area contributed by atoms with Crippen LogP contribution in [0.3, 0.4) is 0 Å². The van der Waals surface area contributed by atoms with Gasteiger partial charge in [-0.3, -0.25) is 14.5 Å². The van der Waals surface area contributed by atoms with E-state index in [1.54, 1.807) is 6.20 Å². The van der Waals surface area contributed by atoms with Crippen molar-refractivity contribution in [3.63, 3.8) is 0 Å². The van der Waals surface area contributed by atoms with Crippen molar-refractivity contribution in [2.24, 2.45) is 7.05 Å². The molecule has 6 heteroatoms. The molecule has 23 heavy (non-hydrogen) atoms. The summed E-state index contributed by atoms with van der Waals surface area (Å²) in [5, 5.41) is 7.99. The molecule has 0 bridgehead atoms. The summed E-state index contributed by atoms with van der Waals surface area (Å²) in [6.45, 7) is 3.44. The third-order valence-electron chi connectivity index (χ3n) is 4.11. The average molecular weight is 313 g/mol. The molecule has 1 fully saturated rings. The number of nitrogens with zero attached hydrogens (tertiary/aromatic N) is 4. The van der Waals surface area contributed by atoms with Gasteiger partial charge in [0.15, 0.2) is 0 Å². The molecule has 1 aliphatic heterocycles. The van der Waals surface area contributed by atoms with E-state index in [-0.39, 0.29) is 0 Å². The van der Waals surface area contributed by atoms with Gasteiger partial charge in [-0.05, 0) is 31.5 Å². The van der Waals surface area contributed by atoms with Gasteiger partial charge in [0.05, 0.1) is 5.69 Å². The Bertz CT molecular complexity index is 652. The number of pyridine rings is 1. The maximum absolute atomic E-state index is 11.6. The highest BCUT2D eigenvalue weighted by Crippen LogP contribution is 2.20. The molecule has 0 aliphatic carbocycles. The van der Waals surface area contributed by atoms with Gasteiger partial charge in [0, 0.05) is 62.8 Å². The van der Waals surface area contributed by atoms with Crippen molar-refractivity contribution in [3.8, 4) is 11.3 Å². The van der Waals surface area contributed by atoms with Crippen LogP contribution in [0.5, 0.6) is 0 Å². The third-order valence-corrected chi connectivity index (χ3v) is 4.11. The standard InChI is InChI=1S/C17H23N5O/c1-21-13-15(17(20-21)14-5-2-7-18-11-14)12-19-8-4-10-22-9-3-6-16(22)23/h2,5,7,11,13,19H,3-4,6,8-10,12H2,1H3. The fourth-order valence-electron chi connectivity index (χ4n) is 2.97. The molecule has 0 aromatic carbocycles. The predicted molar refractivity (Wildman–Crippen MR) is 88.6 cm³/mol. The zero-order valence-corrected chi connectivity index (χ0v) is 13.5. The normalized spacial score (nSPS) is 14.7. The minimum absolute atomic E-state index is 0.302. The topological polar surface area (TPSA) is 63.1 Å². The van der Waals surface area contributed by atoms with Crippen LogP contribution in [0.25, 0.3) is 11.3 Å². The predicted octanol–water partition coefficient (Wildman–Crippen LogP) is 1.58. The number of carbonyl (C=O) groups excluding carboxylic acids is 1. The Morgan fingerprint density at radius 2 is 2.30 bits per heavy atom. The smallest absolute Gasteiger partial charge is 0.222 e. The van der Waals surface area contributed by atoms with Crippen LogP contribution in [0, 0.1) is 0 Å². The minimum atomic E-state index is 0.302. The van der Waals surface area contributed by atoms with Crippen LogP contribution < -0.4 is 5.32 Å². The van der Waals surface area contributed by atoms with E-state index in [2.05, 4.69) is 15.4 Å². The van der Waals surface area contributed by atoms with Gasteiger partial charge < -0.3 is 10.2 Å². The molecule has 1 amide bonds. The minimum Gasteiger partial charge on any atom is -0.343 e. The summed E-state index contributed by atoms with van der Waals surface area (Å²) in [6.07, 6.45) is 8.36. The molecule has 0 spiro atoms. The number of nitrogens with one attached hydrogen (secondary N) is 1. The number of likely N-dealkylation sites (tertiary alicyclic amines) is 1. The van der Waals surface area contributed by atoms with Crippen molar-refractivity contribution < 1.29 is 4.79 Å². The van der Waals surface area contributed by atoms with Crippen molar-refractivity contribution in [1.82, 2.24) is 25.0 Å². The van der Waals surface area contributed by atoms with Crippen LogP contribution >= 0.6 is 0 Å². The molecule has 0 saturated carbocycles. The zero-order chi connectivity index (χ0) is 16.1. The second-order valence-corrected chi connectivity index (χ2v) is 5.93. The van der Waals surface area contributed by atoms with Crippen molar-refractivity contribution in [2.75, 3.05) is 19.6 Å². The van der Waals surface area contributed by atoms with Crippen molar-refractivity contribution in [2.45, 2.75) is 25.8 Å². The summed E-state index contributed by atoms with van der Waals surface area (Å²) in [5.41, 5.74) is 3.17. The fraction of sp³-hybridized carbons (Fsp3) is 0.471. The summed E-state index contributed by atoms with van der Waals surface area (Å²) in [5.74, 6) is 0.302. The molecule has 3 rings (SSSR count). The Labute approximate surface area is 136 Å². The Kier molecular flexibility index (Phi) is 5.02. The fourth-order valence-corrected chi connectivity index (χ4v) is 2.97. The molecule has 6 nitrogen and oxygen atoms in total. The second-order valence-electron chi connectivity index (χ2n) is 5.93. The van der Waals surface area contributed by atoms with Crippen LogP contribution in [-0.4, -0.2) is 45.2 Å². The van der Waals surface area contributed by atoms with E-state index >= 15 is 0 Å². The lowest BCUT2D eigenvalue weighted by Crippen LogP contribution is -2.28. The molecule has 1 N–H and O–H groups in total. The first-order chi connectivity index (χ1) is 11.2. The van der Waals surface area contributed by atoms with Crippen molar-refractivity contribution >= 4 is 5.91 Å². The maximum Gasteiger partial charge on any atom is 0.222 e. The Morgan fingerprint density at radius 3 is 3.04 bits per heavy atom. The lowest BCUT2D eigenvalue weighted by atomic mass is 10.1. The molecular weight excluding hydrogens is 290 g/mol. The van der Waals surface area contributed by atoms with E-state index in [9.17, 15) is 4.79 Å². The van der Waals surface area contributed by atoms with Gasteiger partial charge in [-0.25, -0.2) is 0 Å². The van der Waals surface area contributed by atoms with E-state index in [0.29, 0.717) is 5.91 Å². The number of carbonyl (C=O) groups is 1. The monoisotopic (exact) mass is 313 g/mol. The van der Waals surface area contributed by atoms with Gasteiger partial charge in [0.25, 0.3) is 0 Å². The molecule has 1 aliphatic rings. The maximum atomic E-state index is 11.6. The summed E-state index contributed by atoms with van der Waals surface area (Å²) in [4.78, 5) is 17.7. The Hall–Kier alpha value is -2.21. The quantitative estimate of drug-likeness (QED) is 0.789. The first-order valence-corrected chi connectivity index (χ1v) is 8.15. The summed E-state index contributed by atoms with van der Waals surface area (Å²) in [7, 11) is 1.93. The molecule has 0 atom stereocenters. The highest BCUT2D eigenvalue weighted by Gasteiger charge is 2.18. The lowest BCUT2D eigenvalue weighted by Gasteiger charge is -2.15.